The number of hydrogen-bond acceptors (Lipinski definition) is 0. The minimum atomic E-state index is -0.382. The van der Waals surface area contributed by atoms with E-state index in [9.17, 15) is 0 Å². The van der Waals surface area contributed by atoms with Gasteiger partial charge < -0.3 is 4.57 Å². The molecule has 1 aromatic heterocycles. The number of rotatable bonds is 2. The van der Waals surface area contributed by atoms with Crippen LogP contribution in [-0.4, -0.2) is 4.57 Å². The van der Waals surface area contributed by atoms with Crippen LogP contribution in [0.15, 0.2) is 84.8 Å². The van der Waals surface area contributed by atoms with Gasteiger partial charge in [0.25, 0.3) is 0 Å². The van der Waals surface area contributed by atoms with Crippen LogP contribution in [0, 0.1) is 0 Å². The fraction of sp³-hybridized carbons (Fsp3) is 0.333. The highest BCUT2D eigenvalue weighted by Crippen LogP contribution is 2.43. The molecule has 5 aromatic rings. The van der Waals surface area contributed by atoms with Crippen molar-refractivity contribution in [2.24, 2.45) is 0 Å². The third-order valence-corrected chi connectivity index (χ3v) is 7.30. The molecular weight excluding hydrogens is 446 g/mol. The highest BCUT2D eigenvalue weighted by molar-refractivity contribution is 6.17. The molecule has 0 bridgehead atoms. The smallest absolute Gasteiger partial charge is 0.0629 e. The summed E-state index contributed by atoms with van der Waals surface area (Å²) in [5.74, 6) is 0. The van der Waals surface area contributed by atoms with Gasteiger partial charge in [0.1, 0.15) is 0 Å². The summed E-state index contributed by atoms with van der Waals surface area (Å²) in [5.41, 5.74) is 7.20. The van der Waals surface area contributed by atoms with Crippen molar-refractivity contribution in [1.29, 1.82) is 0 Å². The highest BCUT2D eigenvalue weighted by Gasteiger charge is 2.26. The van der Waals surface area contributed by atoms with Crippen LogP contribution in [0.5, 0.6) is 0 Å². The summed E-state index contributed by atoms with van der Waals surface area (Å²) in [6, 6.07) is 17.8. The second-order valence-electron chi connectivity index (χ2n) is 13.3. The normalized spacial score (nSPS) is 14.9. The summed E-state index contributed by atoms with van der Waals surface area (Å²) in [6.45, 7) is 20.0. The van der Waals surface area contributed by atoms with E-state index in [2.05, 4.69) is 109 Å². The van der Waals surface area contributed by atoms with Crippen molar-refractivity contribution in [3.63, 3.8) is 0 Å². The lowest BCUT2D eigenvalue weighted by Crippen LogP contribution is -2.17. The van der Waals surface area contributed by atoms with Crippen molar-refractivity contribution in [3.8, 4) is 16.8 Å². The molecule has 0 atom stereocenters. The van der Waals surface area contributed by atoms with Crippen molar-refractivity contribution in [2.45, 2.75) is 78.6 Å². The number of benzene rings is 4. The lowest BCUT2D eigenvalue weighted by atomic mass is 9.80. The van der Waals surface area contributed by atoms with Gasteiger partial charge in [-0.05, 0) is 68.3 Å². The van der Waals surface area contributed by atoms with Gasteiger partial charge >= 0.3 is 0 Å². The molecule has 1 heterocycles. The average Bonchev–Trinajstić information content (AvgIpc) is 3.24. The van der Waals surface area contributed by atoms with E-state index in [4.69, 9.17) is 6.85 Å². The monoisotopic (exact) mass is 492 g/mol. The summed E-state index contributed by atoms with van der Waals surface area (Å²) in [5, 5.41) is 1.94. The summed E-state index contributed by atoms with van der Waals surface area (Å²) in [7, 11) is 0. The maximum atomic E-state index is 8.82. The Balaban J connectivity index is 2.04. The summed E-state index contributed by atoms with van der Waals surface area (Å²) in [6.07, 6.45) is 0. The topological polar surface area (TPSA) is 4.93 Å². The summed E-state index contributed by atoms with van der Waals surface area (Å²) < 4.78 is 44.9. The van der Waals surface area contributed by atoms with E-state index in [0.29, 0.717) is 5.56 Å². The second kappa shape index (κ2) is 8.62. The first-order chi connectivity index (χ1) is 19.3. The summed E-state index contributed by atoms with van der Waals surface area (Å²) >= 11 is 0. The van der Waals surface area contributed by atoms with Crippen molar-refractivity contribution in [1.82, 2.24) is 4.57 Å². The Morgan fingerprint density at radius 3 is 1.68 bits per heavy atom. The predicted octanol–water partition coefficient (Wildman–Crippen LogP) is 10.3. The van der Waals surface area contributed by atoms with Crippen molar-refractivity contribution in [2.75, 3.05) is 0 Å². The molecule has 0 spiro atoms. The van der Waals surface area contributed by atoms with Crippen molar-refractivity contribution < 1.29 is 6.85 Å². The molecule has 190 valence electrons. The van der Waals surface area contributed by atoms with E-state index in [1.807, 2.05) is 12.1 Å². The minimum absolute atomic E-state index is 0.0657. The Labute approximate surface area is 230 Å². The quantitative estimate of drug-likeness (QED) is 0.231. The molecule has 0 aliphatic heterocycles. The second-order valence-corrected chi connectivity index (χ2v) is 13.3. The number of aromatic nitrogens is 1. The number of hydrogen-bond donors (Lipinski definition) is 0. The van der Waals surface area contributed by atoms with Crippen LogP contribution >= 0.6 is 0 Å². The molecule has 5 rings (SSSR count). The van der Waals surface area contributed by atoms with E-state index in [-0.39, 0.29) is 52.0 Å². The molecular formula is C36H41N. The molecule has 0 aliphatic rings. The number of fused-ring (bicyclic) bond motifs is 3. The van der Waals surface area contributed by atoms with Crippen molar-refractivity contribution in [3.05, 3.63) is 101 Å². The Morgan fingerprint density at radius 2 is 1.14 bits per heavy atom. The van der Waals surface area contributed by atoms with Crippen molar-refractivity contribution >= 4 is 21.8 Å². The van der Waals surface area contributed by atoms with Crippen LogP contribution in [0.4, 0.5) is 0 Å². The Kier molecular flexibility index (Phi) is 4.60. The lowest BCUT2D eigenvalue weighted by molar-refractivity contribution is 0.568. The fourth-order valence-corrected chi connectivity index (χ4v) is 5.21. The molecule has 0 aliphatic carbocycles. The third kappa shape index (κ3) is 4.50. The van der Waals surface area contributed by atoms with E-state index < -0.39 is 0 Å². The molecule has 1 nitrogen and oxygen atoms in total. The van der Waals surface area contributed by atoms with Gasteiger partial charge in [0.05, 0.1) is 17.9 Å². The van der Waals surface area contributed by atoms with E-state index >= 15 is 0 Å². The Bertz CT molecular complexity index is 1810. The zero-order chi connectivity index (χ0) is 31.1. The van der Waals surface area contributed by atoms with Crippen LogP contribution in [0.3, 0.4) is 0 Å². The first kappa shape index (κ1) is 19.7. The van der Waals surface area contributed by atoms with Crippen LogP contribution in [-0.2, 0) is 16.2 Å². The Morgan fingerprint density at radius 1 is 0.595 bits per heavy atom. The van der Waals surface area contributed by atoms with E-state index in [1.165, 1.54) is 11.1 Å². The largest absolute Gasteiger partial charge is 0.309 e. The standard InChI is InChI=1S/C36H41N/c1-34(2,3)25-21-26(35(4,5)6)23-27(22-25)37-30-19-13-17-28(24-15-11-10-12-16-24)32(30)33-29(36(7,8)9)18-14-20-31(33)37/h10-23H,1-9H3/i10D,11D,12D,15D,16D. The van der Waals surface area contributed by atoms with Crippen LogP contribution in [0.2, 0.25) is 0 Å². The Hall–Kier alpha value is -3.32. The van der Waals surface area contributed by atoms with Gasteiger partial charge in [0.2, 0.25) is 0 Å². The molecule has 0 amide bonds. The van der Waals surface area contributed by atoms with Gasteiger partial charge in [-0.15, -0.1) is 0 Å². The van der Waals surface area contributed by atoms with Gasteiger partial charge in [0.15, 0.2) is 0 Å². The maximum absolute atomic E-state index is 8.82. The first-order valence-corrected chi connectivity index (χ1v) is 13.1. The molecule has 0 radical (unpaired) electrons. The molecule has 37 heavy (non-hydrogen) atoms. The summed E-state index contributed by atoms with van der Waals surface area (Å²) in [4.78, 5) is 0. The maximum Gasteiger partial charge on any atom is 0.0629 e. The molecule has 0 unspecified atom stereocenters. The zero-order valence-corrected chi connectivity index (χ0v) is 23.6. The van der Waals surface area contributed by atoms with E-state index in [1.54, 1.807) is 0 Å². The van der Waals surface area contributed by atoms with Crippen LogP contribution < -0.4 is 0 Å². The highest BCUT2D eigenvalue weighted by atomic mass is 15.0. The number of nitrogens with zero attached hydrogens (tertiary/aromatic N) is 1. The first-order valence-electron chi connectivity index (χ1n) is 15.6. The molecule has 0 N–H and O–H groups in total. The molecule has 0 saturated heterocycles. The van der Waals surface area contributed by atoms with Crippen LogP contribution in [0.1, 0.15) is 85.9 Å². The zero-order valence-electron chi connectivity index (χ0n) is 28.6. The van der Waals surface area contributed by atoms with E-state index in [0.717, 1.165) is 33.1 Å². The molecule has 0 saturated carbocycles. The van der Waals surface area contributed by atoms with Crippen LogP contribution in [0.25, 0.3) is 38.6 Å². The van der Waals surface area contributed by atoms with Gasteiger partial charge in [-0.2, -0.15) is 0 Å². The molecule has 4 aromatic carbocycles. The third-order valence-electron chi connectivity index (χ3n) is 7.30. The van der Waals surface area contributed by atoms with Gasteiger partial charge in [-0.3, -0.25) is 0 Å². The predicted molar refractivity (Wildman–Crippen MR) is 162 cm³/mol. The fourth-order valence-electron chi connectivity index (χ4n) is 5.21. The molecule has 1 heteroatoms. The minimum Gasteiger partial charge on any atom is -0.309 e. The SMILES string of the molecule is [2H]c1c([2H])c([2H])c(-c2cccc3c2c2c(C(C)(C)C)cccc2n3-c2cc(C(C)(C)C)cc(C(C)(C)C)c2)c([2H])c1[2H]. The van der Waals surface area contributed by atoms with Gasteiger partial charge in [-0.1, -0.05) is 123 Å². The lowest BCUT2D eigenvalue weighted by Gasteiger charge is -2.27. The molecule has 0 fully saturated rings. The van der Waals surface area contributed by atoms with Gasteiger partial charge in [0, 0.05) is 16.5 Å². The average molecular weight is 493 g/mol. The van der Waals surface area contributed by atoms with Gasteiger partial charge in [-0.25, -0.2) is 0 Å².